The summed E-state index contributed by atoms with van der Waals surface area (Å²) in [7, 11) is 0. The highest BCUT2D eigenvalue weighted by Gasteiger charge is 2.31. The summed E-state index contributed by atoms with van der Waals surface area (Å²) in [6, 6.07) is 8.46. The number of rotatable bonds is 4. The number of piperazine rings is 1. The molecule has 25 heavy (non-hydrogen) atoms. The Morgan fingerprint density at radius 3 is 2.32 bits per heavy atom. The second kappa shape index (κ2) is 11.0. The van der Waals surface area contributed by atoms with Crippen molar-refractivity contribution in [1.29, 1.82) is 0 Å². The molecule has 0 unspecified atom stereocenters. The minimum absolute atomic E-state index is 0. The Labute approximate surface area is 162 Å². The topological polar surface area (TPSA) is 50.8 Å². The van der Waals surface area contributed by atoms with Crippen LogP contribution < -0.4 is 10.1 Å². The third kappa shape index (κ3) is 6.12. The van der Waals surface area contributed by atoms with Gasteiger partial charge in [0.15, 0.2) is 0 Å². The van der Waals surface area contributed by atoms with Gasteiger partial charge in [0.05, 0.1) is 0 Å². The third-order valence-electron chi connectivity index (χ3n) is 4.74. The number of hydrogen-bond acceptors (Lipinski definition) is 5. The van der Waals surface area contributed by atoms with E-state index in [4.69, 9.17) is 9.47 Å². The fourth-order valence-corrected chi connectivity index (χ4v) is 3.67. The van der Waals surface area contributed by atoms with Crippen molar-refractivity contribution >= 4 is 30.8 Å². The summed E-state index contributed by atoms with van der Waals surface area (Å²) in [5, 5.41) is 3.43. The second-order valence-corrected chi connectivity index (χ2v) is 6.34. The van der Waals surface area contributed by atoms with Crippen LogP contribution in [0.2, 0.25) is 0 Å². The zero-order chi connectivity index (χ0) is 16.1. The van der Waals surface area contributed by atoms with Crippen LogP contribution in [0.1, 0.15) is 31.4 Å². The first kappa shape index (κ1) is 22.2. The summed E-state index contributed by atoms with van der Waals surface area (Å²) in [4.78, 5) is 13.7. The van der Waals surface area contributed by atoms with E-state index in [2.05, 4.69) is 22.3 Å². The summed E-state index contributed by atoms with van der Waals surface area (Å²) >= 11 is 0. The van der Waals surface area contributed by atoms with Crippen molar-refractivity contribution in [3.05, 3.63) is 29.8 Å². The quantitative estimate of drug-likeness (QED) is 0.632. The first-order valence-electron chi connectivity index (χ1n) is 8.55. The van der Waals surface area contributed by atoms with E-state index in [-0.39, 0.29) is 30.8 Å². The van der Waals surface area contributed by atoms with Gasteiger partial charge in [0.25, 0.3) is 0 Å². The second-order valence-electron chi connectivity index (χ2n) is 6.34. The Balaban J connectivity index is 0.00000156. The molecule has 0 aromatic heterocycles. The standard InChI is InChI=1S/C18H26N2O3.2ClH/c1-14(21)23-17-4-2-15(3-5-17)18(16-6-12-22-13-7-16)20-10-8-19-9-11-20;;/h2-5,16,18-19H,6-13H2,1H3;2*1H/t18-;;/m0../s1. The maximum atomic E-state index is 11.1. The van der Waals surface area contributed by atoms with Gasteiger partial charge in [-0.15, -0.1) is 24.8 Å². The SMILES string of the molecule is CC(=O)Oc1ccc([C@@H](C2CCOCC2)N2CCNCC2)cc1.Cl.Cl. The maximum Gasteiger partial charge on any atom is 0.308 e. The first-order valence-corrected chi connectivity index (χ1v) is 8.55. The van der Waals surface area contributed by atoms with E-state index in [1.54, 1.807) is 0 Å². The van der Waals surface area contributed by atoms with E-state index in [0.29, 0.717) is 17.7 Å². The van der Waals surface area contributed by atoms with Crippen molar-refractivity contribution in [3.63, 3.8) is 0 Å². The van der Waals surface area contributed by atoms with Gasteiger partial charge in [0.1, 0.15) is 5.75 Å². The maximum absolute atomic E-state index is 11.1. The number of benzene rings is 1. The molecule has 0 amide bonds. The van der Waals surface area contributed by atoms with Crippen LogP contribution in [0.15, 0.2) is 24.3 Å². The average Bonchev–Trinajstić information content (AvgIpc) is 2.58. The van der Waals surface area contributed by atoms with E-state index < -0.39 is 0 Å². The zero-order valence-electron chi connectivity index (χ0n) is 14.6. The molecule has 2 aliphatic rings. The van der Waals surface area contributed by atoms with E-state index >= 15 is 0 Å². The number of carbonyl (C=O) groups excluding carboxylic acids is 1. The molecule has 1 atom stereocenters. The number of esters is 1. The van der Waals surface area contributed by atoms with E-state index in [9.17, 15) is 4.79 Å². The van der Waals surface area contributed by atoms with Gasteiger partial charge in [-0.25, -0.2) is 0 Å². The molecule has 0 saturated carbocycles. The van der Waals surface area contributed by atoms with Gasteiger partial charge in [0, 0.05) is 52.4 Å². The van der Waals surface area contributed by atoms with Gasteiger partial charge in [-0.05, 0) is 36.5 Å². The van der Waals surface area contributed by atoms with Crippen molar-refractivity contribution in [2.75, 3.05) is 39.4 Å². The summed E-state index contributed by atoms with van der Waals surface area (Å²) in [5.41, 5.74) is 1.31. The molecule has 2 aliphatic heterocycles. The van der Waals surface area contributed by atoms with Gasteiger partial charge in [-0.1, -0.05) is 12.1 Å². The predicted octanol–water partition coefficient (Wildman–Crippen LogP) is 2.83. The molecule has 3 rings (SSSR count). The predicted molar refractivity (Wildman–Crippen MR) is 103 cm³/mol. The number of halogens is 2. The van der Waals surface area contributed by atoms with Gasteiger partial charge < -0.3 is 14.8 Å². The van der Waals surface area contributed by atoms with Crippen molar-refractivity contribution in [3.8, 4) is 5.75 Å². The molecule has 1 N–H and O–H groups in total. The van der Waals surface area contributed by atoms with Gasteiger partial charge >= 0.3 is 5.97 Å². The first-order chi connectivity index (χ1) is 11.2. The number of carbonyl (C=O) groups is 1. The normalized spacial score (nSPS) is 20.0. The monoisotopic (exact) mass is 390 g/mol. The number of ether oxygens (including phenoxy) is 2. The average molecular weight is 391 g/mol. The number of hydrogen-bond donors (Lipinski definition) is 1. The molecule has 2 heterocycles. The lowest BCUT2D eigenvalue weighted by molar-refractivity contribution is -0.131. The minimum Gasteiger partial charge on any atom is -0.427 e. The molecule has 0 spiro atoms. The molecule has 0 radical (unpaired) electrons. The van der Waals surface area contributed by atoms with Gasteiger partial charge in [0.2, 0.25) is 0 Å². The fourth-order valence-electron chi connectivity index (χ4n) is 3.67. The Hall–Kier alpha value is -0.850. The molecule has 2 saturated heterocycles. The van der Waals surface area contributed by atoms with Crippen molar-refractivity contribution in [2.45, 2.75) is 25.8 Å². The zero-order valence-corrected chi connectivity index (χ0v) is 16.2. The lowest BCUT2D eigenvalue weighted by Crippen LogP contribution is -2.47. The molecule has 0 aliphatic carbocycles. The Morgan fingerprint density at radius 2 is 1.76 bits per heavy atom. The molecule has 7 heteroatoms. The number of nitrogens with zero attached hydrogens (tertiary/aromatic N) is 1. The summed E-state index contributed by atoms with van der Waals surface area (Å²) in [6.07, 6.45) is 2.22. The van der Waals surface area contributed by atoms with E-state index in [0.717, 1.165) is 52.2 Å². The van der Waals surface area contributed by atoms with Crippen LogP contribution >= 0.6 is 24.8 Å². The largest absolute Gasteiger partial charge is 0.427 e. The molecule has 2 fully saturated rings. The highest BCUT2D eigenvalue weighted by atomic mass is 35.5. The molecule has 0 bridgehead atoms. The smallest absolute Gasteiger partial charge is 0.308 e. The van der Waals surface area contributed by atoms with Crippen LogP contribution in [0.3, 0.4) is 0 Å². The van der Waals surface area contributed by atoms with Crippen molar-refractivity contribution in [2.24, 2.45) is 5.92 Å². The molecular formula is C18H28Cl2N2O3. The van der Waals surface area contributed by atoms with Gasteiger partial charge in [-0.2, -0.15) is 0 Å². The van der Waals surface area contributed by atoms with E-state index in [1.807, 2.05) is 12.1 Å². The number of nitrogens with one attached hydrogen (secondary N) is 1. The van der Waals surface area contributed by atoms with Crippen LogP contribution in [0, 0.1) is 5.92 Å². The lowest BCUT2D eigenvalue weighted by Gasteiger charge is -2.41. The van der Waals surface area contributed by atoms with Crippen LogP contribution in [0.4, 0.5) is 0 Å². The fraction of sp³-hybridized carbons (Fsp3) is 0.611. The molecule has 5 nitrogen and oxygen atoms in total. The third-order valence-corrected chi connectivity index (χ3v) is 4.74. The van der Waals surface area contributed by atoms with Crippen LogP contribution in [0.25, 0.3) is 0 Å². The highest BCUT2D eigenvalue weighted by Crippen LogP contribution is 2.35. The van der Waals surface area contributed by atoms with Crippen LogP contribution in [-0.4, -0.2) is 50.3 Å². The summed E-state index contributed by atoms with van der Waals surface area (Å²) < 4.78 is 10.7. The summed E-state index contributed by atoms with van der Waals surface area (Å²) in [5.74, 6) is 0.967. The molecule has 1 aromatic rings. The van der Waals surface area contributed by atoms with Crippen molar-refractivity contribution in [1.82, 2.24) is 10.2 Å². The summed E-state index contributed by atoms with van der Waals surface area (Å²) in [6.45, 7) is 7.40. The molecular weight excluding hydrogens is 363 g/mol. The van der Waals surface area contributed by atoms with Crippen molar-refractivity contribution < 1.29 is 14.3 Å². The minimum atomic E-state index is -0.277. The molecule has 142 valence electrons. The Bertz CT molecular complexity index is 498. The van der Waals surface area contributed by atoms with Crippen LogP contribution in [-0.2, 0) is 9.53 Å². The van der Waals surface area contributed by atoms with Crippen LogP contribution in [0.5, 0.6) is 5.75 Å². The highest BCUT2D eigenvalue weighted by molar-refractivity contribution is 5.85. The van der Waals surface area contributed by atoms with E-state index in [1.165, 1.54) is 12.5 Å². The Kier molecular flexibility index (Phi) is 9.75. The Morgan fingerprint density at radius 1 is 1.16 bits per heavy atom. The lowest BCUT2D eigenvalue weighted by atomic mass is 9.85. The van der Waals surface area contributed by atoms with Gasteiger partial charge in [-0.3, -0.25) is 9.69 Å². The molecule has 1 aromatic carbocycles.